The number of nitrogens with one attached hydrogen (secondary N) is 1. The Labute approximate surface area is 142 Å². The minimum absolute atomic E-state index is 0.225. The Bertz CT molecular complexity index is 876. The molecule has 0 spiro atoms. The first-order chi connectivity index (χ1) is 11.4. The lowest BCUT2D eigenvalue weighted by atomic mass is 9.80. The topological polar surface area (TPSA) is 89.8 Å². The van der Waals surface area contributed by atoms with Crippen LogP contribution in [0.1, 0.15) is 31.7 Å². The molecule has 0 amide bonds. The first-order valence-corrected chi connectivity index (χ1v) is 10.1. The second-order valence-corrected chi connectivity index (χ2v) is 8.82. The van der Waals surface area contributed by atoms with Crippen molar-refractivity contribution >= 4 is 26.6 Å². The minimum Gasteiger partial charge on any atom is -0.370 e. The molecular weight excluding hydrogens is 324 g/mol. The van der Waals surface area contributed by atoms with Gasteiger partial charge in [0.2, 0.25) is 0 Å². The maximum atomic E-state index is 12.0. The van der Waals surface area contributed by atoms with Gasteiger partial charge in [-0.3, -0.25) is 0 Å². The molecule has 0 saturated heterocycles. The molecule has 0 unspecified atom stereocenters. The summed E-state index contributed by atoms with van der Waals surface area (Å²) >= 11 is 0. The molecule has 0 atom stereocenters. The minimum atomic E-state index is -2.93. The van der Waals surface area contributed by atoms with Crippen LogP contribution in [0.5, 0.6) is 0 Å². The number of aromatic amines is 1. The summed E-state index contributed by atoms with van der Waals surface area (Å²) in [7, 11) is -0.954. The summed E-state index contributed by atoms with van der Waals surface area (Å²) in [6, 6.07) is 4.40. The molecule has 7 heteroatoms. The van der Waals surface area contributed by atoms with Gasteiger partial charge in [-0.05, 0) is 31.2 Å². The molecule has 3 rings (SSSR count). The van der Waals surface area contributed by atoms with E-state index in [1.807, 2.05) is 26.2 Å². The standard InChI is InChI=1S/C17H22N4O2S/c1-3-6-24(22,23)11-12-7-14(8-12)21(2)16-13(9-18)10-20-17-15(16)4-5-19-17/h4-5,10,12,14H,3,6-8,11H2,1-2H3,(H,19,20). The van der Waals surface area contributed by atoms with Crippen molar-refractivity contribution in [2.75, 3.05) is 23.5 Å². The Kier molecular flexibility index (Phi) is 4.50. The number of pyridine rings is 1. The molecule has 1 saturated carbocycles. The fraction of sp³-hybridized carbons (Fsp3) is 0.529. The van der Waals surface area contributed by atoms with E-state index in [4.69, 9.17) is 0 Å². The van der Waals surface area contributed by atoms with E-state index in [1.165, 1.54) is 0 Å². The van der Waals surface area contributed by atoms with Gasteiger partial charge in [0, 0.05) is 36.6 Å². The van der Waals surface area contributed by atoms with Gasteiger partial charge < -0.3 is 9.88 Å². The quantitative estimate of drug-likeness (QED) is 0.868. The number of anilines is 1. The van der Waals surface area contributed by atoms with Gasteiger partial charge in [-0.25, -0.2) is 13.4 Å². The number of H-pyrrole nitrogens is 1. The first-order valence-electron chi connectivity index (χ1n) is 8.24. The van der Waals surface area contributed by atoms with Gasteiger partial charge in [0.1, 0.15) is 11.7 Å². The third kappa shape index (κ3) is 3.11. The zero-order chi connectivity index (χ0) is 17.3. The summed E-state index contributed by atoms with van der Waals surface area (Å²) in [6.07, 6.45) is 5.77. The lowest BCUT2D eigenvalue weighted by Gasteiger charge is -2.42. The molecule has 0 aromatic carbocycles. The van der Waals surface area contributed by atoms with Crippen molar-refractivity contribution in [2.24, 2.45) is 5.92 Å². The van der Waals surface area contributed by atoms with Crippen molar-refractivity contribution in [3.8, 4) is 6.07 Å². The van der Waals surface area contributed by atoms with Crippen molar-refractivity contribution in [1.29, 1.82) is 5.26 Å². The van der Waals surface area contributed by atoms with Crippen LogP contribution in [0.4, 0.5) is 5.69 Å². The van der Waals surface area contributed by atoms with Gasteiger partial charge in [0.15, 0.2) is 9.84 Å². The SMILES string of the molecule is CCCS(=O)(=O)CC1CC(N(C)c2c(C#N)cnc3[nH]ccc23)C1. The second kappa shape index (κ2) is 6.44. The van der Waals surface area contributed by atoms with Crippen molar-refractivity contribution in [3.05, 3.63) is 24.0 Å². The molecule has 128 valence electrons. The van der Waals surface area contributed by atoms with Crippen LogP contribution in [0.25, 0.3) is 11.0 Å². The van der Waals surface area contributed by atoms with Gasteiger partial charge in [0.25, 0.3) is 0 Å². The van der Waals surface area contributed by atoms with Crippen LogP contribution in [-0.2, 0) is 9.84 Å². The average Bonchev–Trinajstić information content (AvgIpc) is 2.97. The van der Waals surface area contributed by atoms with E-state index in [0.29, 0.717) is 12.0 Å². The van der Waals surface area contributed by atoms with Crippen molar-refractivity contribution in [2.45, 2.75) is 32.2 Å². The molecule has 1 N–H and O–H groups in total. The molecule has 1 aliphatic rings. The van der Waals surface area contributed by atoms with E-state index in [-0.39, 0.29) is 23.5 Å². The largest absolute Gasteiger partial charge is 0.370 e. The van der Waals surface area contributed by atoms with E-state index < -0.39 is 9.84 Å². The highest BCUT2D eigenvalue weighted by Gasteiger charge is 2.36. The van der Waals surface area contributed by atoms with Crippen LogP contribution < -0.4 is 4.90 Å². The number of hydrogen-bond acceptors (Lipinski definition) is 5. The lowest BCUT2D eigenvalue weighted by Crippen LogP contribution is -2.45. The fourth-order valence-corrected chi connectivity index (χ4v) is 5.32. The van der Waals surface area contributed by atoms with Gasteiger partial charge in [-0.15, -0.1) is 0 Å². The van der Waals surface area contributed by atoms with Gasteiger partial charge in [0.05, 0.1) is 17.0 Å². The molecule has 6 nitrogen and oxygen atoms in total. The maximum Gasteiger partial charge on any atom is 0.150 e. The van der Waals surface area contributed by atoms with E-state index in [1.54, 1.807) is 6.20 Å². The number of sulfone groups is 1. The maximum absolute atomic E-state index is 12.0. The third-order valence-corrected chi connectivity index (χ3v) is 6.80. The zero-order valence-corrected chi connectivity index (χ0v) is 14.8. The van der Waals surface area contributed by atoms with Crippen LogP contribution in [0.3, 0.4) is 0 Å². The van der Waals surface area contributed by atoms with E-state index in [0.717, 1.165) is 29.6 Å². The summed E-state index contributed by atoms with van der Waals surface area (Å²) in [5.41, 5.74) is 2.19. The number of aromatic nitrogens is 2. The Balaban J connectivity index is 1.75. The van der Waals surface area contributed by atoms with Crippen LogP contribution in [0.15, 0.2) is 18.5 Å². The zero-order valence-electron chi connectivity index (χ0n) is 14.0. The van der Waals surface area contributed by atoms with Gasteiger partial charge >= 0.3 is 0 Å². The van der Waals surface area contributed by atoms with Crippen LogP contribution >= 0.6 is 0 Å². The Hall–Kier alpha value is -2.07. The van der Waals surface area contributed by atoms with Crippen molar-refractivity contribution in [1.82, 2.24) is 9.97 Å². The Morgan fingerprint density at radius 3 is 2.88 bits per heavy atom. The molecular formula is C17H22N4O2S. The number of rotatable bonds is 6. The van der Waals surface area contributed by atoms with Crippen molar-refractivity contribution < 1.29 is 8.42 Å². The summed E-state index contributed by atoms with van der Waals surface area (Å²) in [6.45, 7) is 1.89. The molecule has 1 aliphatic carbocycles. The summed E-state index contributed by atoms with van der Waals surface area (Å²) < 4.78 is 23.9. The predicted molar refractivity (Wildman–Crippen MR) is 94.7 cm³/mol. The summed E-state index contributed by atoms with van der Waals surface area (Å²) in [5.74, 6) is 0.784. The van der Waals surface area contributed by atoms with E-state index >= 15 is 0 Å². The molecule has 2 aromatic rings. The third-order valence-electron chi connectivity index (χ3n) is 4.79. The molecule has 1 fully saturated rings. The molecule has 0 bridgehead atoms. The smallest absolute Gasteiger partial charge is 0.150 e. The summed E-state index contributed by atoms with van der Waals surface area (Å²) in [5, 5.41) is 10.3. The van der Waals surface area contributed by atoms with E-state index in [2.05, 4.69) is 20.9 Å². The lowest BCUT2D eigenvalue weighted by molar-refractivity contribution is 0.283. The fourth-order valence-electron chi connectivity index (χ4n) is 3.54. The Morgan fingerprint density at radius 1 is 1.46 bits per heavy atom. The normalized spacial score (nSPS) is 20.5. The van der Waals surface area contributed by atoms with Gasteiger partial charge in [-0.2, -0.15) is 5.26 Å². The van der Waals surface area contributed by atoms with Crippen LogP contribution in [0.2, 0.25) is 0 Å². The van der Waals surface area contributed by atoms with Crippen LogP contribution in [0, 0.1) is 17.2 Å². The molecule has 0 aliphatic heterocycles. The second-order valence-electron chi connectivity index (χ2n) is 6.59. The van der Waals surface area contributed by atoms with Gasteiger partial charge in [-0.1, -0.05) is 6.92 Å². The average molecular weight is 346 g/mol. The predicted octanol–water partition coefficient (Wildman–Crippen LogP) is 2.47. The molecule has 2 aromatic heterocycles. The molecule has 2 heterocycles. The highest BCUT2D eigenvalue weighted by Crippen LogP contribution is 2.38. The number of fused-ring (bicyclic) bond motifs is 1. The summed E-state index contributed by atoms with van der Waals surface area (Å²) in [4.78, 5) is 9.44. The van der Waals surface area contributed by atoms with Crippen LogP contribution in [-0.4, -0.2) is 43.0 Å². The molecule has 0 radical (unpaired) electrons. The Morgan fingerprint density at radius 2 is 2.21 bits per heavy atom. The molecule has 24 heavy (non-hydrogen) atoms. The highest BCUT2D eigenvalue weighted by molar-refractivity contribution is 7.91. The number of nitrogens with zero attached hydrogens (tertiary/aromatic N) is 3. The highest BCUT2D eigenvalue weighted by atomic mass is 32.2. The number of hydrogen-bond donors (Lipinski definition) is 1. The van der Waals surface area contributed by atoms with Crippen molar-refractivity contribution in [3.63, 3.8) is 0 Å². The monoisotopic (exact) mass is 346 g/mol. The number of nitriles is 1. The first kappa shape index (κ1) is 16.8. The van der Waals surface area contributed by atoms with E-state index in [9.17, 15) is 13.7 Å².